The Kier molecular flexibility index (Phi) is 5.06. The number of esters is 1. The molecule has 1 aromatic carbocycles. The van der Waals surface area contributed by atoms with Crippen molar-refractivity contribution in [1.82, 2.24) is 9.80 Å². The molecule has 0 radical (unpaired) electrons. The molecule has 2 saturated carbocycles. The van der Waals surface area contributed by atoms with E-state index >= 15 is 0 Å². The monoisotopic (exact) mass is 430 g/mol. The predicted octanol–water partition coefficient (Wildman–Crippen LogP) is 3.64. The van der Waals surface area contributed by atoms with Gasteiger partial charge < -0.3 is 9.64 Å². The number of carbonyl (C=O) groups is 2. The molecule has 158 valence electrons. The SMILES string of the molecule is COC(=O)c1ccc(CN2CC3(CC(N(C(=O)C(F)(F)F)C4CC4)C3)C2)c(Cl)c1. The molecular formula is C20H22ClF3N2O3. The Bertz CT molecular complexity index is 827. The lowest BCUT2D eigenvalue weighted by atomic mass is 9.60. The van der Waals surface area contributed by atoms with E-state index in [1.165, 1.54) is 7.11 Å². The van der Waals surface area contributed by atoms with Crippen molar-refractivity contribution in [1.29, 1.82) is 0 Å². The zero-order chi connectivity index (χ0) is 21.0. The number of methoxy groups -OCH3 is 1. The largest absolute Gasteiger partial charge is 0.471 e. The smallest absolute Gasteiger partial charge is 0.465 e. The average Bonchev–Trinajstić information content (AvgIpc) is 3.42. The fraction of sp³-hybridized carbons (Fsp3) is 0.600. The summed E-state index contributed by atoms with van der Waals surface area (Å²) in [7, 11) is 1.31. The molecule has 1 aliphatic heterocycles. The molecule has 1 aromatic rings. The maximum atomic E-state index is 12.9. The summed E-state index contributed by atoms with van der Waals surface area (Å²) in [6, 6.07) is 4.49. The van der Waals surface area contributed by atoms with Gasteiger partial charge in [0.1, 0.15) is 0 Å². The van der Waals surface area contributed by atoms with Gasteiger partial charge in [-0.3, -0.25) is 9.69 Å². The Labute approximate surface area is 171 Å². The molecule has 3 fully saturated rings. The van der Waals surface area contributed by atoms with E-state index in [4.69, 9.17) is 11.6 Å². The molecule has 0 unspecified atom stereocenters. The van der Waals surface area contributed by atoms with Crippen LogP contribution >= 0.6 is 11.6 Å². The number of hydrogen-bond acceptors (Lipinski definition) is 4. The van der Waals surface area contributed by atoms with Gasteiger partial charge in [-0.05, 0) is 48.8 Å². The van der Waals surface area contributed by atoms with E-state index in [1.54, 1.807) is 18.2 Å². The summed E-state index contributed by atoms with van der Waals surface area (Å²) in [5.41, 5.74) is 1.27. The minimum Gasteiger partial charge on any atom is -0.465 e. The maximum Gasteiger partial charge on any atom is 0.471 e. The molecule has 0 bridgehead atoms. The summed E-state index contributed by atoms with van der Waals surface area (Å²) >= 11 is 6.27. The quantitative estimate of drug-likeness (QED) is 0.669. The van der Waals surface area contributed by atoms with Gasteiger partial charge in [0.05, 0.1) is 12.7 Å². The van der Waals surface area contributed by atoms with Crippen LogP contribution in [0.25, 0.3) is 0 Å². The molecule has 1 heterocycles. The number of nitrogens with zero attached hydrogens (tertiary/aromatic N) is 2. The lowest BCUT2D eigenvalue weighted by molar-refractivity contribution is -0.197. The number of rotatable bonds is 5. The molecule has 0 atom stereocenters. The summed E-state index contributed by atoms with van der Waals surface area (Å²) in [6.45, 7) is 2.16. The van der Waals surface area contributed by atoms with E-state index in [9.17, 15) is 22.8 Å². The maximum absolute atomic E-state index is 12.9. The third-order valence-corrected chi connectivity index (χ3v) is 6.49. The Morgan fingerprint density at radius 1 is 1.24 bits per heavy atom. The Balaban J connectivity index is 1.31. The molecule has 1 spiro atoms. The van der Waals surface area contributed by atoms with Crippen LogP contribution in [0.3, 0.4) is 0 Å². The number of benzene rings is 1. The molecule has 29 heavy (non-hydrogen) atoms. The van der Waals surface area contributed by atoms with Crippen LogP contribution in [0.2, 0.25) is 5.02 Å². The zero-order valence-corrected chi connectivity index (χ0v) is 16.7. The van der Waals surface area contributed by atoms with Crippen molar-refractivity contribution < 1.29 is 27.5 Å². The second-order valence-corrected chi connectivity index (χ2v) is 8.85. The molecule has 9 heteroatoms. The first-order chi connectivity index (χ1) is 13.6. The second-order valence-electron chi connectivity index (χ2n) is 8.45. The molecule has 0 N–H and O–H groups in total. The summed E-state index contributed by atoms with van der Waals surface area (Å²) in [6.07, 6.45) is -2.23. The number of carbonyl (C=O) groups excluding carboxylic acids is 2. The molecule has 1 saturated heterocycles. The van der Waals surface area contributed by atoms with Gasteiger partial charge in [0, 0.05) is 36.7 Å². The fourth-order valence-corrected chi connectivity index (χ4v) is 4.94. The standard InChI is InChI=1S/C20H22ClF3N2O3/c1-29-17(27)12-2-3-13(16(21)6-12)9-25-10-19(11-25)7-15(8-19)26(14-4-5-14)18(28)20(22,23)24/h2-3,6,14-15H,4-5,7-11H2,1H3. The number of halogens is 4. The highest BCUT2D eigenvalue weighted by molar-refractivity contribution is 6.31. The Hall–Kier alpha value is -1.80. The van der Waals surface area contributed by atoms with Gasteiger partial charge in [0.15, 0.2) is 0 Å². The van der Waals surface area contributed by atoms with E-state index in [0.717, 1.165) is 23.6 Å². The first kappa shape index (κ1) is 20.5. The molecule has 1 amide bonds. The van der Waals surface area contributed by atoms with Crippen LogP contribution in [0.4, 0.5) is 13.2 Å². The van der Waals surface area contributed by atoms with Crippen molar-refractivity contribution in [2.24, 2.45) is 5.41 Å². The Morgan fingerprint density at radius 3 is 2.41 bits per heavy atom. The predicted molar refractivity (Wildman–Crippen MR) is 99.4 cm³/mol. The second kappa shape index (κ2) is 7.16. The van der Waals surface area contributed by atoms with Gasteiger partial charge in [-0.2, -0.15) is 13.2 Å². The van der Waals surface area contributed by atoms with Gasteiger partial charge in [-0.15, -0.1) is 0 Å². The molecule has 5 nitrogen and oxygen atoms in total. The minimum atomic E-state index is -4.80. The number of amides is 1. The van der Waals surface area contributed by atoms with Crippen molar-refractivity contribution >= 4 is 23.5 Å². The van der Waals surface area contributed by atoms with Crippen molar-refractivity contribution in [2.45, 2.75) is 50.5 Å². The molecule has 2 aliphatic carbocycles. The third kappa shape index (κ3) is 3.97. The van der Waals surface area contributed by atoms with E-state index in [2.05, 4.69) is 9.64 Å². The first-order valence-corrected chi connectivity index (χ1v) is 9.98. The summed E-state index contributed by atoms with van der Waals surface area (Å²) in [5.74, 6) is -2.14. The number of likely N-dealkylation sites (tertiary alicyclic amines) is 1. The van der Waals surface area contributed by atoms with Crippen LogP contribution in [0.15, 0.2) is 18.2 Å². The highest BCUT2D eigenvalue weighted by Crippen LogP contribution is 2.53. The lowest BCUT2D eigenvalue weighted by Crippen LogP contribution is -2.67. The van der Waals surface area contributed by atoms with E-state index in [0.29, 0.717) is 42.8 Å². The normalized spacial score (nSPS) is 21.4. The Morgan fingerprint density at radius 2 is 1.90 bits per heavy atom. The third-order valence-electron chi connectivity index (χ3n) is 6.13. The van der Waals surface area contributed by atoms with Crippen LogP contribution in [-0.4, -0.2) is 60.1 Å². The highest BCUT2D eigenvalue weighted by atomic mass is 35.5. The molecular weight excluding hydrogens is 409 g/mol. The van der Waals surface area contributed by atoms with Crippen molar-refractivity contribution in [3.8, 4) is 0 Å². The summed E-state index contributed by atoms with van der Waals surface area (Å²) in [4.78, 5) is 26.6. The van der Waals surface area contributed by atoms with Gasteiger partial charge in [-0.1, -0.05) is 17.7 Å². The van der Waals surface area contributed by atoms with Gasteiger partial charge in [-0.25, -0.2) is 4.79 Å². The molecule has 0 aromatic heterocycles. The fourth-order valence-electron chi connectivity index (χ4n) is 4.70. The minimum absolute atomic E-state index is 0.00210. The van der Waals surface area contributed by atoms with Crippen LogP contribution < -0.4 is 0 Å². The van der Waals surface area contributed by atoms with Crippen LogP contribution in [-0.2, 0) is 16.1 Å². The zero-order valence-electron chi connectivity index (χ0n) is 16.0. The average molecular weight is 431 g/mol. The lowest BCUT2D eigenvalue weighted by Gasteiger charge is -2.61. The number of hydrogen-bond donors (Lipinski definition) is 0. The van der Waals surface area contributed by atoms with Gasteiger partial charge in [0.2, 0.25) is 0 Å². The van der Waals surface area contributed by atoms with Crippen molar-refractivity contribution in [3.05, 3.63) is 34.3 Å². The van der Waals surface area contributed by atoms with Gasteiger partial charge in [0.25, 0.3) is 0 Å². The summed E-state index contributed by atoms with van der Waals surface area (Å²) < 4.78 is 43.4. The highest BCUT2D eigenvalue weighted by Gasteiger charge is 2.58. The molecule has 4 rings (SSSR count). The topological polar surface area (TPSA) is 49.9 Å². The van der Waals surface area contributed by atoms with Crippen molar-refractivity contribution in [3.63, 3.8) is 0 Å². The first-order valence-electron chi connectivity index (χ1n) is 9.60. The van der Waals surface area contributed by atoms with E-state index in [1.807, 2.05) is 0 Å². The number of alkyl halides is 3. The summed E-state index contributed by atoms with van der Waals surface area (Å²) in [5, 5.41) is 0.482. The van der Waals surface area contributed by atoms with Crippen LogP contribution in [0.1, 0.15) is 41.6 Å². The number of ether oxygens (including phenoxy) is 1. The van der Waals surface area contributed by atoms with E-state index in [-0.39, 0.29) is 17.5 Å². The molecule has 3 aliphatic rings. The van der Waals surface area contributed by atoms with E-state index < -0.39 is 18.1 Å². The van der Waals surface area contributed by atoms with Crippen molar-refractivity contribution in [2.75, 3.05) is 20.2 Å². The van der Waals surface area contributed by atoms with Gasteiger partial charge >= 0.3 is 18.1 Å². The van der Waals surface area contributed by atoms with Crippen LogP contribution in [0, 0.1) is 5.41 Å². The van der Waals surface area contributed by atoms with Crippen LogP contribution in [0.5, 0.6) is 0 Å².